The van der Waals surface area contributed by atoms with Gasteiger partial charge in [-0.25, -0.2) is 0 Å². The fourth-order valence-electron chi connectivity index (χ4n) is 2.09. The first-order chi connectivity index (χ1) is 9.65. The van der Waals surface area contributed by atoms with Crippen LogP contribution in [0.2, 0.25) is 0 Å². The minimum Gasteiger partial charge on any atom is -0.311 e. The lowest BCUT2D eigenvalue weighted by molar-refractivity contribution is 0.296. The molecule has 1 aromatic rings. The Labute approximate surface area is 123 Å². The van der Waals surface area contributed by atoms with E-state index in [4.69, 9.17) is 11.4 Å². The van der Waals surface area contributed by atoms with Crippen LogP contribution in [0.4, 0.5) is 0 Å². The summed E-state index contributed by atoms with van der Waals surface area (Å²) in [7, 11) is 0. The van der Waals surface area contributed by atoms with Gasteiger partial charge in [-0.3, -0.25) is 9.88 Å². The van der Waals surface area contributed by atoms with Gasteiger partial charge in [0, 0.05) is 13.1 Å². The van der Waals surface area contributed by atoms with Crippen LogP contribution in [0.3, 0.4) is 0 Å². The van der Waals surface area contributed by atoms with Crippen LogP contribution >= 0.6 is 0 Å². The summed E-state index contributed by atoms with van der Waals surface area (Å²) in [5.74, 6) is 3.38. The minimum absolute atomic E-state index is 0.661. The topological polar surface area (TPSA) is 28.2 Å². The highest BCUT2D eigenvalue weighted by Gasteiger charge is 2.05. The largest absolute Gasteiger partial charge is 0.311 e. The molecule has 3 heteroatoms. The molecule has 0 amide bonds. The van der Waals surface area contributed by atoms with Crippen molar-refractivity contribution in [3.05, 3.63) is 29.6 Å². The predicted octanol–water partition coefficient (Wildman–Crippen LogP) is 2.67. The van der Waals surface area contributed by atoms with Crippen molar-refractivity contribution in [1.29, 1.82) is 0 Å². The standard InChI is InChI=1S/C17H27N3/c1-5-10-20(11-6-2)14-17-9-7-8-16(19-17)13-18-12-15(3)4/h1,7-9,15,18H,6,10-14H2,2-4H3. The van der Waals surface area contributed by atoms with Crippen molar-refractivity contribution in [1.82, 2.24) is 15.2 Å². The molecule has 0 atom stereocenters. The summed E-state index contributed by atoms with van der Waals surface area (Å²) in [5.41, 5.74) is 2.19. The second-order valence-electron chi connectivity index (χ2n) is 5.56. The average Bonchev–Trinajstić information content (AvgIpc) is 2.39. The lowest BCUT2D eigenvalue weighted by atomic mass is 10.2. The Bertz CT molecular complexity index is 420. The average molecular weight is 273 g/mol. The van der Waals surface area contributed by atoms with E-state index in [0.717, 1.165) is 44.0 Å². The van der Waals surface area contributed by atoms with E-state index >= 15 is 0 Å². The first-order valence-corrected chi connectivity index (χ1v) is 7.47. The fourth-order valence-corrected chi connectivity index (χ4v) is 2.09. The maximum absolute atomic E-state index is 5.42. The number of rotatable bonds is 9. The molecule has 0 saturated heterocycles. The SMILES string of the molecule is C#CCN(CCC)Cc1cccc(CNCC(C)C)n1. The number of nitrogens with zero attached hydrogens (tertiary/aromatic N) is 2. The van der Waals surface area contributed by atoms with E-state index < -0.39 is 0 Å². The quantitative estimate of drug-likeness (QED) is 0.701. The molecular formula is C17H27N3. The summed E-state index contributed by atoms with van der Waals surface area (Å²) in [4.78, 5) is 6.96. The Morgan fingerprint density at radius 3 is 2.75 bits per heavy atom. The molecule has 20 heavy (non-hydrogen) atoms. The molecule has 0 aliphatic heterocycles. The molecule has 0 fully saturated rings. The Balaban J connectivity index is 2.55. The number of aromatic nitrogens is 1. The summed E-state index contributed by atoms with van der Waals surface area (Å²) >= 11 is 0. The molecule has 1 N–H and O–H groups in total. The lowest BCUT2D eigenvalue weighted by Gasteiger charge is -2.18. The zero-order valence-electron chi connectivity index (χ0n) is 13.0. The molecule has 3 nitrogen and oxygen atoms in total. The minimum atomic E-state index is 0.661. The van der Waals surface area contributed by atoms with Gasteiger partial charge in [-0.1, -0.05) is 32.8 Å². The van der Waals surface area contributed by atoms with Gasteiger partial charge in [0.05, 0.1) is 17.9 Å². The third-order valence-electron chi connectivity index (χ3n) is 2.96. The van der Waals surface area contributed by atoms with Crippen molar-refractivity contribution in [2.24, 2.45) is 5.92 Å². The number of pyridine rings is 1. The maximum Gasteiger partial charge on any atom is 0.0602 e. The van der Waals surface area contributed by atoms with Gasteiger partial charge in [-0.05, 0) is 37.6 Å². The third kappa shape index (κ3) is 6.70. The monoisotopic (exact) mass is 273 g/mol. The number of hydrogen-bond donors (Lipinski definition) is 1. The van der Waals surface area contributed by atoms with Crippen LogP contribution in [0.25, 0.3) is 0 Å². The van der Waals surface area contributed by atoms with E-state index in [2.05, 4.69) is 55.1 Å². The van der Waals surface area contributed by atoms with Crippen LogP contribution in [0.1, 0.15) is 38.6 Å². The molecule has 0 bridgehead atoms. The highest BCUT2D eigenvalue weighted by molar-refractivity contribution is 5.11. The highest BCUT2D eigenvalue weighted by atomic mass is 15.1. The fraction of sp³-hybridized carbons (Fsp3) is 0.588. The van der Waals surface area contributed by atoms with Gasteiger partial charge >= 0.3 is 0 Å². The van der Waals surface area contributed by atoms with Crippen LogP contribution in [0, 0.1) is 18.3 Å². The zero-order chi connectivity index (χ0) is 14.8. The van der Waals surface area contributed by atoms with Crippen LogP contribution < -0.4 is 5.32 Å². The Kier molecular flexibility index (Phi) is 7.94. The second kappa shape index (κ2) is 9.52. The Hall–Kier alpha value is -1.37. The van der Waals surface area contributed by atoms with Gasteiger partial charge in [0.15, 0.2) is 0 Å². The molecule has 0 aliphatic rings. The third-order valence-corrected chi connectivity index (χ3v) is 2.96. The molecule has 0 unspecified atom stereocenters. The summed E-state index contributed by atoms with van der Waals surface area (Å²) in [6.07, 6.45) is 6.52. The normalized spacial score (nSPS) is 11.0. The number of terminal acetylenes is 1. The summed E-state index contributed by atoms with van der Waals surface area (Å²) < 4.78 is 0. The van der Waals surface area contributed by atoms with Crippen molar-refractivity contribution >= 4 is 0 Å². The molecule has 1 aromatic heterocycles. The predicted molar refractivity (Wildman–Crippen MR) is 85.2 cm³/mol. The van der Waals surface area contributed by atoms with E-state index in [-0.39, 0.29) is 0 Å². The van der Waals surface area contributed by atoms with Crippen LogP contribution in [-0.2, 0) is 13.1 Å². The van der Waals surface area contributed by atoms with E-state index in [1.165, 1.54) is 0 Å². The molecule has 1 heterocycles. The molecule has 110 valence electrons. The summed E-state index contributed by atoms with van der Waals surface area (Å²) in [5, 5.41) is 3.42. The Morgan fingerprint density at radius 2 is 2.10 bits per heavy atom. The number of hydrogen-bond acceptors (Lipinski definition) is 3. The Morgan fingerprint density at radius 1 is 1.35 bits per heavy atom. The van der Waals surface area contributed by atoms with E-state index in [1.54, 1.807) is 0 Å². The van der Waals surface area contributed by atoms with Gasteiger partial charge in [0.1, 0.15) is 0 Å². The smallest absolute Gasteiger partial charge is 0.0602 e. The summed E-state index contributed by atoms with van der Waals surface area (Å²) in [6.45, 7) is 11.0. The van der Waals surface area contributed by atoms with Crippen molar-refractivity contribution < 1.29 is 0 Å². The molecule has 0 aromatic carbocycles. The lowest BCUT2D eigenvalue weighted by Crippen LogP contribution is -2.25. The first-order valence-electron chi connectivity index (χ1n) is 7.47. The van der Waals surface area contributed by atoms with E-state index in [9.17, 15) is 0 Å². The zero-order valence-corrected chi connectivity index (χ0v) is 13.0. The highest BCUT2D eigenvalue weighted by Crippen LogP contribution is 2.05. The van der Waals surface area contributed by atoms with Crippen LogP contribution in [0.15, 0.2) is 18.2 Å². The molecular weight excluding hydrogens is 246 g/mol. The molecule has 0 spiro atoms. The number of nitrogens with one attached hydrogen (secondary N) is 1. The van der Waals surface area contributed by atoms with E-state index in [1.807, 2.05) is 0 Å². The summed E-state index contributed by atoms with van der Waals surface area (Å²) in [6, 6.07) is 6.22. The van der Waals surface area contributed by atoms with Crippen molar-refractivity contribution in [3.8, 4) is 12.3 Å². The molecule has 0 aliphatic carbocycles. The van der Waals surface area contributed by atoms with Crippen LogP contribution in [-0.4, -0.2) is 29.5 Å². The van der Waals surface area contributed by atoms with Crippen molar-refractivity contribution in [2.45, 2.75) is 40.3 Å². The van der Waals surface area contributed by atoms with Gasteiger partial charge in [0.2, 0.25) is 0 Å². The molecule has 0 radical (unpaired) electrons. The van der Waals surface area contributed by atoms with Gasteiger partial charge in [-0.15, -0.1) is 6.42 Å². The van der Waals surface area contributed by atoms with Crippen molar-refractivity contribution in [2.75, 3.05) is 19.6 Å². The van der Waals surface area contributed by atoms with Crippen LogP contribution in [0.5, 0.6) is 0 Å². The molecule has 1 rings (SSSR count). The van der Waals surface area contributed by atoms with Gasteiger partial charge in [-0.2, -0.15) is 0 Å². The van der Waals surface area contributed by atoms with Crippen molar-refractivity contribution in [3.63, 3.8) is 0 Å². The maximum atomic E-state index is 5.42. The van der Waals surface area contributed by atoms with E-state index in [0.29, 0.717) is 12.5 Å². The molecule has 0 saturated carbocycles. The van der Waals surface area contributed by atoms with Gasteiger partial charge in [0.25, 0.3) is 0 Å². The second-order valence-corrected chi connectivity index (χ2v) is 5.56. The van der Waals surface area contributed by atoms with Gasteiger partial charge < -0.3 is 5.32 Å². The first kappa shape index (κ1) is 16.7.